The molecule has 1 aliphatic rings. The first-order valence-corrected chi connectivity index (χ1v) is 9.18. The minimum absolute atomic E-state index is 0.156. The Morgan fingerprint density at radius 3 is 2.65 bits per heavy atom. The summed E-state index contributed by atoms with van der Waals surface area (Å²) in [6.07, 6.45) is 1.98. The molecule has 0 aliphatic carbocycles. The second kappa shape index (κ2) is 8.80. The van der Waals surface area contributed by atoms with Gasteiger partial charge in [0.05, 0.1) is 6.04 Å². The second-order valence-corrected chi connectivity index (χ2v) is 6.69. The first-order chi connectivity index (χ1) is 12.6. The van der Waals surface area contributed by atoms with Gasteiger partial charge in [0, 0.05) is 26.3 Å². The number of aliphatic imine (C=N–C) groups is 1. The number of aromatic nitrogens is 3. The van der Waals surface area contributed by atoms with Crippen LogP contribution in [0.5, 0.6) is 0 Å². The van der Waals surface area contributed by atoms with Crippen molar-refractivity contribution in [2.45, 2.75) is 45.3 Å². The first kappa shape index (κ1) is 18.4. The van der Waals surface area contributed by atoms with Crippen LogP contribution in [0.3, 0.4) is 0 Å². The Morgan fingerprint density at radius 1 is 1.27 bits per heavy atom. The molecule has 1 aromatic carbocycles. The normalized spacial score (nSPS) is 17.1. The highest BCUT2D eigenvalue weighted by Crippen LogP contribution is 2.12. The maximum Gasteiger partial charge on any atom is 0.192 e. The van der Waals surface area contributed by atoms with Gasteiger partial charge in [0.2, 0.25) is 0 Å². The molecule has 3 rings (SSSR count). The fraction of sp³-hybridized carbons (Fsp3) is 0.526. The van der Waals surface area contributed by atoms with Crippen LogP contribution >= 0.6 is 0 Å². The van der Waals surface area contributed by atoms with E-state index < -0.39 is 0 Å². The maximum absolute atomic E-state index is 5.46. The van der Waals surface area contributed by atoms with Crippen molar-refractivity contribution in [1.82, 2.24) is 25.4 Å². The molecule has 0 spiro atoms. The van der Waals surface area contributed by atoms with Crippen LogP contribution in [0.15, 0.2) is 35.3 Å². The minimum atomic E-state index is 0.156. The van der Waals surface area contributed by atoms with Gasteiger partial charge in [-0.15, -0.1) is 10.2 Å². The number of aryl methyl sites for hydroxylation is 1. The van der Waals surface area contributed by atoms with Gasteiger partial charge in [-0.25, -0.2) is 4.99 Å². The number of nitrogens with one attached hydrogen (secondary N) is 2. The van der Waals surface area contributed by atoms with Gasteiger partial charge in [0.15, 0.2) is 11.8 Å². The molecule has 0 amide bonds. The molecular formula is C19H28N6O. The molecule has 140 valence electrons. The van der Waals surface area contributed by atoms with Gasteiger partial charge in [0.1, 0.15) is 12.4 Å². The molecule has 2 heterocycles. The van der Waals surface area contributed by atoms with Crippen molar-refractivity contribution < 1.29 is 4.74 Å². The lowest BCUT2D eigenvalue weighted by molar-refractivity contribution is 0.0822. The first-order valence-electron chi connectivity index (χ1n) is 9.18. The van der Waals surface area contributed by atoms with Gasteiger partial charge in [-0.2, -0.15) is 0 Å². The number of nitrogens with zero attached hydrogens (tertiary/aromatic N) is 4. The van der Waals surface area contributed by atoms with Crippen LogP contribution in [-0.4, -0.2) is 40.0 Å². The summed E-state index contributed by atoms with van der Waals surface area (Å²) >= 11 is 0. The van der Waals surface area contributed by atoms with E-state index in [4.69, 9.17) is 9.73 Å². The van der Waals surface area contributed by atoms with Gasteiger partial charge in [0.25, 0.3) is 0 Å². The van der Waals surface area contributed by atoms with Crippen LogP contribution < -0.4 is 10.6 Å². The summed E-state index contributed by atoms with van der Waals surface area (Å²) in [4.78, 5) is 4.76. The molecular weight excluding hydrogens is 328 g/mol. The molecule has 7 heteroatoms. The zero-order chi connectivity index (χ0) is 18.4. The van der Waals surface area contributed by atoms with Crippen LogP contribution in [0, 0.1) is 6.92 Å². The van der Waals surface area contributed by atoms with E-state index in [1.54, 1.807) is 0 Å². The number of rotatable bonds is 5. The number of benzene rings is 1. The predicted molar refractivity (Wildman–Crippen MR) is 102 cm³/mol. The highest BCUT2D eigenvalue weighted by molar-refractivity contribution is 5.80. The van der Waals surface area contributed by atoms with E-state index >= 15 is 0 Å². The van der Waals surface area contributed by atoms with Crippen LogP contribution in [0.2, 0.25) is 0 Å². The van der Waals surface area contributed by atoms with Gasteiger partial charge < -0.3 is 19.9 Å². The number of hydrogen-bond donors (Lipinski definition) is 2. The van der Waals surface area contributed by atoms with E-state index in [0.717, 1.165) is 43.7 Å². The van der Waals surface area contributed by atoms with Crippen LogP contribution in [-0.2, 0) is 18.3 Å². The van der Waals surface area contributed by atoms with E-state index in [-0.39, 0.29) is 6.04 Å². The van der Waals surface area contributed by atoms with Crippen molar-refractivity contribution in [1.29, 1.82) is 0 Å². The van der Waals surface area contributed by atoms with E-state index in [1.165, 1.54) is 5.56 Å². The van der Waals surface area contributed by atoms with Gasteiger partial charge in [-0.05, 0) is 32.3 Å². The molecule has 0 radical (unpaired) electrons. The largest absolute Gasteiger partial charge is 0.381 e. The van der Waals surface area contributed by atoms with Crippen molar-refractivity contribution in [3.05, 3.63) is 47.5 Å². The smallest absolute Gasteiger partial charge is 0.192 e. The fourth-order valence-electron chi connectivity index (χ4n) is 2.94. The van der Waals surface area contributed by atoms with Crippen molar-refractivity contribution in [2.75, 3.05) is 13.2 Å². The second-order valence-electron chi connectivity index (χ2n) is 6.69. The molecule has 2 aromatic rings. The third-order valence-corrected chi connectivity index (χ3v) is 4.78. The summed E-state index contributed by atoms with van der Waals surface area (Å²) in [6.45, 7) is 6.15. The van der Waals surface area contributed by atoms with Crippen LogP contribution in [0.25, 0.3) is 0 Å². The van der Waals surface area contributed by atoms with Crippen molar-refractivity contribution in [3.63, 3.8) is 0 Å². The molecule has 1 aliphatic heterocycles. The molecule has 1 unspecified atom stereocenters. The molecule has 26 heavy (non-hydrogen) atoms. The lowest BCUT2D eigenvalue weighted by Crippen LogP contribution is -2.46. The Kier molecular flexibility index (Phi) is 6.22. The fourth-order valence-corrected chi connectivity index (χ4v) is 2.94. The summed E-state index contributed by atoms with van der Waals surface area (Å²) in [5.41, 5.74) is 1.23. The Bertz CT molecular complexity index is 721. The summed E-state index contributed by atoms with van der Waals surface area (Å²) in [5.74, 6) is 2.54. The zero-order valence-electron chi connectivity index (χ0n) is 15.8. The average Bonchev–Trinajstić information content (AvgIpc) is 2.99. The molecule has 7 nitrogen and oxygen atoms in total. The molecule has 2 N–H and O–H groups in total. The number of guanidine groups is 1. The number of hydrogen-bond acceptors (Lipinski definition) is 4. The summed E-state index contributed by atoms with van der Waals surface area (Å²) < 4.78 is 7.43. The standard InChI is InChI=1S/C19H28N6O/c1-14(16-7-5-4-6-8-16)21-19(22-17-9-11-26-12-10-17)20-13-18-24-23-15(2)25(18)3/h4-8,14,17H,9-13H2,1-3H3,(H2,20,21,22). The van der Waals surface area contributed by atoms with Gasteiger partial charge >= 0.3 is 0 Å². The Labute approximate surface area is 154 Å². The van der Waals surface area contributed by atoms with Crippen LogP contribution in [0.1, 0.15) is 43.0 Å². The Hall–Kier alpha value is -2.41. The Morgan fingerprint density at radius 2 is 2.00 bits per heavy atom. The van der Waals surface area contributed by atoms with E-state index in [9.17, 15) is 0 Å². The lowest BCUT2D eigenvalue weighted by Gasteiger charge is -2.27. The van der Waals surface area contributed by atoms with Gasteiger partial charge in [-0.3, -0.25) is 0 Å². The molecule has 0 saturated carbocycles. The zero-order valence-corrected chi connectivity index (χ0v) is 15.8. The van der Waals surface area contributed by atoms with Gasteiger partial charge in [-0.1, -0.05) is 30.3 Å². The molecule has 1 fully saturated rings. The quantitative estimate of drug-likeness (QED) is 0.634. The van der Waals surface area contributed by atoms with Crippen molar-refractivity contribution in [2.24, 2.45) is 12.0 Å². The van der Waals surface area contributed by atoms with Crippen molar-refractivity contribution >= 4 is 5.96 Å². The molecule has 0 bridgehead atoms. The molecule has 1 saturated heterocycles. The highest BCUT2D eigenvalue weighted by atomic mass is 16.5. The molecule has 1 aromatic heterocycles. The maximum atomic E-state index is 5.46. The summed E-state index contributed by atoms with van der Waals surface area (Å²) in [6, 6.07) is 10.9. The monoisotopic (exact) mass is 356 g/mol. The average molecular weight is 356 g/mol. The van der Waals surface area contributed by atoms with Crippen molar-refractivity contribution in [3.8, 4) is 0 Å². The highest BCUT2D eigenvalue weighted by Gasteiger charge is 2.17. The number of ether oxygens (including phenoxy) is 1. The van der Waals surface area contributed by atoms with E-state index in [1.807, 2.05) is 24.6 Å². The minimum Gasteiger partial charge on any atom is -0.381 e. The van der Waals surface area contributed by atoms with Crippen LogP contribution in [0.4, 0.5) is 0 Å². The third-order valence-electron chi connectivity index (χ3n) is 4.78. The summed E-state index contributed by atoms with van der Waals surface area (Å²) in [5, 5.41) is 15.4. The third kappa shape index (κ3) is 4.82. The SMILES string of the molecule is Cc1nnc(CN=C(NC2CCOCC2)NC(C)c2ccccc2)n1C. The predicted octanol–water partition coefficient (Wildman–Crippen LogP) is 2.10. The summed E-state index contributed by atoms with van der Waals surface area (Å²) in [7, 11) is 1.96. The lowest BCUT2D eigenvalue weighted by atomic mass is 10.1. The topological polar surface area (TPSA) is 76.4 Å². The van der Waals surface area contributed by atoms with E-state index in [0.29, 0.717) is 12.6 Å². The van der Waals surface area contributed by atoms with E-state index in [2.05, 4.69) is 52.0 Å². The Balaban J connectivity index is 1.71. The molecule has 1 atom stereocenters.